The van der Waals surface area contributed by atoms with Crippen molar-refractivity contribution >= 4 is 11.8 Å². The fourth-order valence-corrected chi connectivity index (χ4v) is 2.56. The highest BCUT2D eigenvalue weighted by atomic mass is 16.7. The van der Waals surface area contributed by atoms with Crippen molar-refractivity contribution in [2.75, 3.05) is 21.0 Å². The fraction of sp³-hybridized carbons (Fsp3) is 0.391. The highest BCUT2D eigenvalue weighted by molar-refractivity contribution is 6.04. The van der Waals surface area contributed by atoms with Gasteiger partial charge in [-0.15, -0.1) is 0 Å². The second-order valence-corrected chi connectivity index (χ2v) is 7.57. The van der Waals surface area contributed by atoms with Crippen LogP contribution in [0, 0.1) is 5.41 Å². The molecule has 6 nitrogen and oxygen atoms in total. The summed E-state index contributed by atoms with van der Waals surface area (Å²) >= 11 is 0. The van der Waals surface area contributed by atoms with E-state index in [0.29, 0.717) is 17.1 Å². The molecule has 0 amide bonds. The average Bonchev–Trinajstić information content (AvgIpc) is 2.71. The summed E-state index contributed by atoms with van der Waals surface area (Å²) in [5.74, 6) is 1.61. The number of ether oxygens (including phenoxy) is 4. The Morgan fingerprint density at radius 3 is 2.31 bits per heavy atom. The van der Waals surface area contributed by atoms with E-state index in [1.165, 1.54) is 6.08 Å². The predicted molar refractivity (Wildman–Crippen MR) is 109 cm³/mol. The quantitative estimate of drug-likeness (QED) is 0.275. The van der Waals surface area contributed by atoms with Crippen LogP contribution in [0.15, 0.2) is 59.6 Å². The predicted octanol–water partition coefficient (Wildman–Crippen LogP) is 4.58. The summed E-state index contributed by atoms with van der Waals surface area (Å²) in [7, 11) is 3.23. The Balaban J connectivity index is 1.95. The van der Waals surface area contributed by atoms with Crippen LogP contribution in [0.25, 0.3) is 0 Å². The van der Waals surface area contributed by atoms with Crippen LogP contribution in [-0.4, -0.2) is 32.8 Å². The van der Waals surface area contributed by atoms with E-state index in [0.717, 1.165) is 24.2 Å². The van der Waals surface area contributed by atoms with Crippen LogP contribution in [0.4, 0.5) is 0 Å². The zero-order valence-corrected chi connectivity index (χ0v) is 17.6. The van der Waals surface area contributed by atoms with Crippen molar-refractivity contribution in [3.63, 3.8) is 0 Å². The molecular formula is C23H28O6. The van der Waals surface area contributed by atoms with Crippen molar-refractivity contribution in [2.45, 2.75) is 33.6 Å². The minimum absolute atomic E-state index is 0.125. The summed E-state index contributed by atoms with van der Waals surface area (Å²) < 4.78 is 21.1. The summed E-state index contributed by atoms with van der Waals surface area (Å²) in [5, 5.41) is 0. The van der Waals surface area contributed by atoms with Gasteiger partial charge in [0, 0.05) is 18.1 Å². The lowest BCUT2D eigenvalue weighted by Gasteiger charge is -2.16. The molecule has 0 atom stereocenters. The molecule has 0 heterocycles. The number of benzene rings is 1. The lowest BCUT2D eigenvalue weighted by atomic mass is 9.98. The van der Waals surface area contributed by atoms with Gasteiger partial charge in [-0.2, -0.15) is 0 Å². The maximum Gasteiger partial charge on any atom is 0.314 e. The molecule has 0 fully saturated rings. The second kappa shape index (κ2) is 9.96. The number of ketones is 1. The van der Waals surface area contributed by atoms with E-state index in [1.807, 2.05) is 6.08 Å². The Bertz CT molecular complexity index is 822. The van der Waals surface area contributed by atoms with Crippen molar-refractivity contribution in [2.24, 2.45) is 5.41 Å². The van der Waals surface area contributed by atoms with Crippen LogP contribution in [-0.2, 0) is 19.0 Å². The number of hydrogen-bond acceptors (Lipinski definition) is 6. The van der Waals surface area contributed by atoms with Crippen LogP contribution in [0.1, 0.15) is 44.0 Å². The first-order valence-corrected chi connectivity index (χ1v) is 9.39. The number of carbonyl (C=O) groups is 2. The monoisotopic (exact) mass is 400 g/mol. The third-order valence-corrected chi connectivity index (χ3v) is 4.33. The molecule has 2 rings (SSSR count). The van der Waals surface area contributed by atoms with Crippen molar-refractivity contribution in [1.82, 2.24) is 0 Å². The molecule has 1 aromatic carbocycles. The topological polar surface area (TPSA) is 71.1 Å². The molecule has 0 spiro atoms. The second-order valence-electron chi connectivity index (χ2n) is 7.57. The molecule has 0 bridgehead atoms. The first kappa shape index (κ1) is 22.3. The molecular weight excluding hydrogens is 372 g/mol. The van der Waals surface area contributed by atoms with E-state index < -0.39 is 5.41 Å². The van der Waals surface area contributed by atoms with E-state index in [2.05, 4.69) is 0 Å². The molecule has 6 heteroatoms. The molecule has 1 aliphatic rings. The zero-order chi connectivity index (χ0) is 21.4. The molecule has 0 saturated heterocycles. The molecule has 156 valence electrons. The largest absolute Gasteiger partial charge is 0.501 e. The molecule has 1 aliphatic carbocycles. The van der Waals surface area contributed by atoms with Gasteiger partial charge in [0.25, 0.3) is 0 Å². The van der Waals surface area contributed by atoms with Gasteiger partial charge in [-0.25, -0.2) is 0 Å². The normalized spacial score (nSPS) is 14.4. The fourth-order valence-electron chi connectivity index (χ4n) is 2.56. The van der Waals surface area contributed by atoms with Gasteiger partial charge in [0.2, 0.25) is 6.79 Å². The molecule has 0 aliphatic heterocycles. The minimum Gasteiger partial charge on any atom is -0.501 e. The highest BCUT2D eigenvalue weighted by Gasteiger charge is 2.23. The number of carbonyl (C=O) groups excluding carboxylic acids is 2. The minimum atomic E-state index is -0.580. The number of allylic oxidation sites excluding steroid dienone is 5. The van der Waals surface area contributed by atoms with E-state index in [-0.39, 0.29) is 18.5 Å². The van der Waals surface area contributed by atoms with Gasteiger partial charge in [-0.05, 0) is 63.1 Å². The van der Waals surface area contributed by atoms with Gasteiger partial charge in [0.1, 0.15) is 11.5 Å². The third-order valence-electron chi connectivity index (χ3n) is 4.33. The summed E-state index contributed by atoms with van der Waals surface area (Å²) in [6.45, 7) is 5.15. The van der Waals surface area contributed by atoms with Gasteiger partial charge in [-0.1, -0.05) is 6.08 Å². The Morgan fingerprint density at radius 2 is 1.72 bits per heavy atom. The Kier molecular flexibility index (Phi) is 7.65. The van der Waals surface area contributed by atoms with E-state index in [4.69, 9.17) is 18.9 Å². The molecule has 0 saturated carbocycles. The van der Waals surface area contributed by atoms with Crippen LogP contribution < -0.4 is 4.74 Å². The van der Waals surface area contributed by atoms with Gasteiger partial charge >= 0.3 is 5.97 Å². The maximum atomic E-state index is 12.4. The first-order chi connectivity index (χ1) is 13.7. The van der Waals surface area contributed by atoms with Crippen molar-refractivity contribution in [3.8, 4) is 5.75 Å². The summed E-state index contributed by atoms with van der Waals surface area (Å²) in [4.78, 5) is 24.1. The summed E-state index contributed by atoms with van der Waals surface area (Å²) in [6, 6.07) is 6.67. The van der Waals surface area contributed by atoms with E-state index in [1.54, 1.807) is 65.3 Å². The standard InChI is InChI=1S/C23H28O6/c1-23(2,3)22(25)29-15-28-18-10-6-16(7-11-18)20(24)13-9-17-8-12-19(26-4)14-21(17)27-5/h6-7,9-11,13-14H,8,12,15H2,1-5H3/b13-9+. The van der Waals surface area contributed by atoms with Gasteiger partial charge in [0.05, 0.1) is 25.4 Å². The summed E-state index contributed by atoms with van der Waals surface area (Å²) in [6.07, 6.45) is 6.66. The van der Waals surface area contributed by atoms with Crippen LogP contribution in [0.3, 0.4) is 0 Å². The smallest absolute Gasteiger partial charge is 0.314 e. The van der Waals surface area contributed by atoms with E-state index >= 15 is 0 Å². The molecule has 0 unspecified atom stereocenters. The van der Waals surface area contributed by atoms with Gasteiger partial charge in [-0.3, -0.25) is 9.59 Å². The molecule has 29 heavy (non-hydrogen) atoms. The average molecular weight is 400 g/mol. The number of esters is 1. The van der Waals surface area contributed by atoms with Gasteiger partial charge < -0.3 is 18.9 Å². The third kappa shape index (κ3) is 6.52. The number of hydrogen-bond donors (Lipinski definition) is 0. The van der Waals surface area contributed by atoms with Crippen LogP contribution >= 0.6 is 0 Å². The Morgan fingerprint density at radius 1 is 1.03 bits per heavy atom. The molecule has 0 aromatic heterocycles. The molecule has 0 radical (unpaired) electrons. The van der Waals surface area contributed by atoms with Crippen molar-refractivity contribution in [1.29, 1.82) is 0 Å². The first-order valence-electron chi connectivity index (χ1n) is 9.39. The Labute approximate surface area is 171 Å². The highest BCUT2D eigenvalue weighted by Crippen LogP contribution is 2.26. The van der Waals surface area contributed by atoms with Gasteiger partial charge in [0.15, 0.2) is 5.78 Å². The maximum absolute atomic E-state index is 12.4. The zero-order valence-electron chi connectivity index (χ0n) is 17.6. The molecule has 1 aromatic rings. The Hall–Kier alpha value is -3.02. The lowest BCUT2D eigenvalue weighted by Crippen LogP contribution is -2.24. The number of methoxy groups -OCH3 is 2. The van der Waals surface area contributed by atoms with Crippen molar-refractivity contribution in [3.05, 3.63) is 65.1 Å². The molecule has 0 N–H and O–H groups in total. The number of rotatable bonds is 8. The van der Waals surface area contributed by atoms with Crippen LogP contribution in [0.5, 0.6) is 5.75 Å². The van der Waals surface area contributed by atoms with Crippen molar-refractivity contribution < 1.29 is 28.5 Å². The van der Waals surface area contributed by atoms with E-state index in [9.17, 15) is 9.59 Å². The van der Waals surface area contributed by atoms with Crippen LogP contribution in [0.2, 0.25) is 0 Å². The lowest BCUT2D eigenvalue weighted by molar-refractivity contribution is -0.159. The summed E-state index contributed by atoms with van der Waals surface area (Å²) in [5.41, 5.74) is 0.898. The SMILES string of the molecule is COC1=CC(OC)=C(/C=C/C(=O)c2ccc(OCOC(=O)C(C)(C)C)cc2)CC1.